The first-order valence-corrected chi connectivity index (χ1v) is 6.09. The number of anilines is 1. The Balaban J connectivity index is 0.000000902. The number of fused-ring (bicyclic) bond motifs is 1. The Morgan fingerprint density at radius 3 is 2.63 bits per heavy atom. The fraction of sp³-hybridized carbons (Fsp3) is 0.455. The van der Waals surface area contributed by atoms with E-state index < -0.39 is 0 Å². The monoisotopic (exact) mass is 323 g/mol. The molecule has 0 aromatic carbocycles. The highest BCUT2D eigenvalue weighted by molar-refractivity contribution is 6.29. The molecule has 0 amide bonds. The van der Waals surface area contributed by atoms with Gasteiger partial charge in [-0.1, -0.05) is 11.6 Å². The topological polar surface area (TPSA) is 45.5 Å². The Hall–Kier alpha value is -0.750. The minimum absolute atomic E-state index is 0. The average molecular weight is 325 g/mol. The van der Waals surface area contributed by atoms with Gasteiger partial charge in [-0.05, 0) is 6.92 Å². The summed E-state index contributed by atoms with van der Waals surface area (Å²) in [6, 6.07) is 0. The van der Waals surface area contributed by atoms with Crippen LogP contribution in [-0.2, 0) is 0 Å². The number of piperazine rings is 1. The van der Waals surface area contributed by atoms with Crippen LogP contribution < -0.4 is 10.2 Å². The van der Waals surface area contributed by atoms with Crippen molar-refractivity contribution in [2.75, 3.05) is 31.1 Å². The van der Waals surface area contributed by atoms with E-state index in [4.69, 9.17) is 11.6 Å². The molecule has 0 bridgehead atoms. The fourth-order valence-corrected chi connectivity index (χ4v) is 2.33. The van der Waals surface area contributed by atoms with Gasteiger partial charge in [0.05, 0.1) is 0 Å². The summed E-state index contributed by atoms with van der Waals surface area (Å²) in [4.78, 5) is 11.1. The molecule has 3 heterocycles. The normalized spacial score (nSPS) is 14.9. The summed E-state index contributed by atoms with van der Waals surface area (Å²) in [5.74, 6) is 0.882. The van der Waals surface area contributed by atoms with Crippen molar-refractivity contribution in [2.24, 2.45) is 0 Å². The van der Waals surface area contributed by atoms with Gasteiger partial charge in [-0.2, -0.15) is 0 Å². The molecule has 0 saturated carbocycles. The Kier molecular flexibility index (Phi) is 5.67. The molecule has 0 atom stereocenters. The number of nitrogens with one attached hydrogen (secondary N) is 1. The van der Waals surface area contributed by atoms with E-state index in [1.165, 1.54) is 0 Å². The van der Waals surface area contributed by atoms with E-state index in [-0.39, 0.29) is 24.8 Å². The molecule has 3 rings (SSSR count). The number of aromatic nitrogens is 3. The first kappa shape index (κ1) is 16.3. The molecular weight excluding hydrogens is 309 g/mol. The van der Waals surface area contributed by atoms with Crippen LogP contribution in [0.1, 0.15) is 5.69 Å². The molecule has 19 heavy (non-hydrogen) atoms. The molecule has 2 aromatic rings. The van der Waals surface area contributed by atoms with Gasteiger partial charge < -0.3 is 10.2 Å². The minimum atomic E-state index is 0. The molecule has 1 aliphatic heterocycles. The molecule has 2 aromatic heterocycles. The summed E-state index contributed by atoms with van der Waals surface area (Å²) in [7, 11) is 0. The maximum Gasteiger partial charge on any atom is 0.180 e. The summed E-state index contributed by atoms with van der Waals surface area (Å²) >= 11 is 6.07. The largest absolute Gasteiger partial charge is 0.351 e. The zero-order chi connectivity index (χ0) is 11.8. The smallest absolute Gasteiger partial charge is 0.180 e. The first-order chi connectivity index (χ1) is 8.25. The molecule has 1 saturated heterocycles. The van der Waals surface area contributed by atoms with Gasteiger partial charge in [0, 0.05) is 44.3 Å². The van der Waals surface area contributed by atoms with Gasteiger partial charge in [-0.15, -0.1) is 24.8 Å². The predicted molar refractivity (Wildman–Crippen MR) is 82.3 cm³/mol. The lowest BCUT2D eigenvalue weighted by Crippen LogP contribution is -2.44. The number of aryl methyl sites for hydroxylation is 1. The van der Waals surface area contributed by atoms with Crippen molar-refractivity contribution >= 4 is 47.9 Å². The van der Waals surface area contributed by atoms with Crippen LogP contribution in [-0.4, -0.2) is 40.5 Å². The van der Waals surface area contributed by atoms with Crippen molar-refractivity contribution in [3.8, 4) is 0 Å². The fourth-order valence-electron chi connectivity index (χ4n) is 2.15. The van der Waals surface area contributed by atoms with E-state index in [2.05, 4.69) is 20.2 Å². The number of imidazole rings is 1. The van der Waals surface area contributed by atoms with Crippen LogP contribution in [0.5, 0.6) is 0 Å². The zero-order valence-electron chi connectivity index (χ0n) is 10.5. The van der Waals surface area contributed by atoms with E-state index in [1.807, 2.05) is 23.7 Å². The molecule has 1 aliphatic rings. The summed E-state index contributed by atoms with van der Waals surface area (Å²) in [6.45, 7) is 5.84. The lowest BCUT2D eigenvalue weighted by molar-refractivity contribution is 0.585. The summed E-state index contributed by atoms with van der Waals surface area (Å²) in [5, 5.41) is 3.83. The van der Waals surface area contributed by atoms with Crippen LogP contribution in [0.25, 0.3) is 5.65 Å². The van der Waals surface area contributed by atoms with Gasteiger partial charge in [0.15, 0.2) is 11.5 Å². The Labute approximate surface area is 129 Å². The standard InChI is InChI=1S/C11H14ClN5.2ClH/c1-8-6-14-10-11(15-9(12)7-17(8)10)16-4-2-13-3-5-16;;/h6-7,13H,2-5H2,1H3;2*1H. The van der Waals surface area contributed by atoms with Crippen LogP contribution in [0.4, 0.5) is 5.82 Å². The number of halogens is 3. The Morgan fingerprint density at radius 2 is 1.95 bits per heavy atom. The van der Waals surface area contributed by atoms with Crippen molar-refractivity contribution in [3.05, 3.63) is 23.2 Å². The number of rotatable bonds is 1. The van der Waals surface area contributed by atoms with Crippen LogP contribution in [0, 0.1) is 6.92 Å². The second-order valence-electron chi connectivity index (χ2n) is 4.22. The molecule has 1 N–H and O–H groups in total. The molecule has 0 unspecified atom stereocenters. The van der Waals surface area contributed by atoms with Crippen molar-refractivity contribution in [1.82, 2.24) is 19.7 Å². The molecular formula is C11H16Cl3N5. The second-order valence-corrected chi connectivity index (χ2v) is 4.60. The van der Waals surface area contributed by atoms with E-state index in [0.29, 0.717) is 5.15 Å². The third-order valence-electron chi connectivity index (χ3n) is 3.05. The van der Waals surface area contributed by atoms with Crippen LogP contribution in [0.3, 0.4) is 0 Å². The third-order valence-corrected chi connectivity index (χ3v) is 3.23. The van der Waals surface area contributed by atoms with Crippen LogP contribution in [0.2, 0.25) is 5.15 Å². The highest BCUT2D eigenvalue weighted by atomic mass is 35.5. The minimum Gasteiger partial charge on any atom is -0.351 e. The Morgan fingerprint density at radius 1 is 1.26 bits per heavy atom. The first-order valence-electron chi connectivity index (χ1n) is 5.71. The van der Waals surface area contributed by atoms with Gasteiger partial charge in [-0.3, -0.25) is 4.40 Å². The highest BCUT2D eigenvalue weighted by Crippen LogP contribution is 2.22. The van der Waals surface area contributed by atoms with E-state index in [1.54, 1.807) is 0 Å². The lowest BCUT2D eigenvalue weighted by Gasteiger charge is -2.28. The maximum absolute atomic E-state index is 6.07. The number of hydrogen-bond donors (Lipinski definition) is 1. The molecule has 5 nitrogen and oxygen atoms in total. The van der Waals surface area contributed by atoms with Crippen molar-refractivity contribution in [1.29, 1.82) is 0 Å². The summed E-state index contributed by atoms with van der Waals surface area (Å²) in [5.41, 5.74) is 1.95. The third kappa shape index (κ3) is 3.05. The SMILES string of the molecule is Cc1cnc2c(N3CCNCC3)nc(Cl)cn12.Cl.Cl. The lowest BCUT2D eigenvalue weighted by atomic mass is 10.3. The predicted octanol–water partition coefficient (Wildman–Crippen LogP) is 1.94. The van der Waals surface area contributed by atoms with Crippen LogP contribution in [0.15, 0.2) is 12.4 Å². The molecule has 8 heteroatoms. The zero-order valence-corrected chi connectivity index (χ0v) is 12.9. The maximum atomic E-state index is 6.07. The molecule has 106 valence electrons. The average Bonchev–Trinajstić information content (AvgIpc) is 2.72. The quantitative estimate of drug-likeness (QED) is 0.871. The van der Waals surface area contributed by atoms with Crippen LogP contribution >= 0.6 is 36.4 Å². The van der Waals surface area contributed by atoms with Crippen molar-refractivity contribution in [3.63, 3.8) is 0 Å². The molecule has 0 radical (unpaired) electrons. The van der Waals surface area contributed by atoms with E-state index in [9.17, 15) is 0 Å². The van der Waals surface area contributed by atoms with Crippen molar-refractivity contribution < 1.29 is 0 Å². The second kappa shape index (κ2) is 6.61. The summed E-state index contributed by atoms with van der Waals surface area (Å²) in [6.07, 6.45) is 3.66. The van der Waals surface area contributed by atoms with Gasteiger partial charge in [0.1, 0.15) is 5.15 Å². The Bertz CT molecular complexity index is 550. The number of hydrogen-bond acceptors (Lipinski definition) is 4. The molecule has 0 aliphatic carbocycles. The van der Waals surface area contributed by atoms with Gasteiger partial charge in [0.25, 0.3) is 0 Å². The van der Waals surface area contributed by atoms with Crippen molar-refractivity contribution in [2.45, 2.75) is 6.92 Å². The highest BCUT2D eigenvalue weighted by Gasteiger charge is 2.17. The van der Waals surface area contributed by atoms with Gasteiger partial charge >= 0.3 is 0 Å². The van der Waals surface area contributed by atoms with Gasteiger partial charge in [0.2, 0.25) is 0 Å². The van der Waals surface area contributed by atoms with E-state index >= 15 is 0 Å². The van der Waals surface area contributed by atoms with Gasteiger partial charge in [-0.25, -0.2) is 9.97 Å². The molecule has 1 fully saturated rings. The number of nitrogens with zero attached hydrogens (tertiary/aromatic N) is 4. The van der Waals surface area contributed by atoms with E-state index in [0.717, 1.165) is 43.3 Å². The molecule has 0 spiro atoms. The summed E-state index contributed by atoms with van der Waals surface area (Å²) < 4.78 is 1.99.